The number of halogens is 1. The van der Waals surface area contributed by atoms with E-state index in [0.717, 1.165) is 11.2 Å². The molecule has 0 unspecified atom stereocenters. The molecule has 0 aliphatic heterocycles. The molecule has 0 bridgehead atoms. The zero-order chi connectivity index (χ0) is 11.4. The van der Waals surface area contributed by atoms with Crippen LogP contribution in [0.5, 0.6) is 0 Å². The van der Waals surface area contributed by atoms with Crippen LogP contribution in [0.1, 0.15) is 19.4 Å². The summed E-state index contributed by atoms with van der Waals surface area (Å²) < 4.78 is 1.52. The number of nitrogens with zero attached hydrogens (tertiary/aromatic N) is 4. The largest absolute Gasteiger partial charge is 0.228 e. The van der Waals surface area contributed by atoms with Crippen molar-refractivity contribution in [1.29, 1.82) is 0 Å². The Balaban J connectivity index is 0.000000531. The maximum Gasteiger partial charge on any atom is 0.228 e. The minimum Gasteiger partial charge on any atom is -0.203 e. The van der Waals surface area contributed by atoms with Crippen LogP contribution in [0.15, 0.2) is 11.4 Å². The topological polar surface area (TPSA) is 43.1 Å². The van der Waals surface area contributed by atoms with Gasteiger partial charge in [-0.1, -0.05) is 25.6 Å². The van der Waals surface area contributed by atoms with E-state index < -0.39 is 0 Å². The van der Waals surface area contributed by atoms with E-state index in [2.05, 4.69) is 15.1 Å². The highest BCUT2D eigenvalue weighted by atomic mass is 35.5. The van der Waals surface area contributed by atoms with Gasteiger partial charge in [0.2, 0.25) is 5.28 Å². The molecule has 0 N–H and O–H groups in total. The minimum atomic E-state index is 0.349. The van der Waals surface area contributed by atoms with Crippen molar-refractivity contribution in [3.8, 4) is 0 Å². The van der Waals surface area contributed by atoms with Crippen LogP contribution < -0.4 is 0 Å². The summed E-state index contributed by atoms with van der Waals surface area (Å²) in [4.78, 5) is 8.33. The molecule has 4 nitrogen and oxygen atoms in total. The lowest BCUT2D eigenvalue weighted by atomic mass is 10.4. The third-order valence-electron chi connectivity index (χ3n) is 1.67. The molecule has 0 saturated carbocycles. The lowest BCUT2D eigenvalue weighted by Crippen LogP contribution is -1.97. The number of fused-ring (bicyclic) bond motifs is 1. The van der Waals surface area contributed by atoms with E-state index in [4.69, 9.17) is 11.6 Å². The van der Waals surface area contributed by atoms with Crippen molar-refractivity contribution in [1.82, 2.24) is 19.6 Å². The molecule has 2 aromatic rings. The Morgan fingerprint density at radius 3 is 2.60 bits per heavy atom. The highest BCUT2D eigenvalue weighted by molar-refractivity contribution is 7.98. The van der Waals surface area contributed by atoms with Crippen molar-refractivity contribution in [3.05, 3.63) is 17.0 Å². The number of rotatable bonds is 1. The Kier molecular flexibility index (Phi) is 4.35. The van der Waals surface area contributed by atoms with Gasteiger partial charge in [0.25, 0.3) is 0 Å². The summed E-state index contributed by atoms with van der Waals surface area (Å²) in [5, 5.41) is 5.06. The lowest BCUT2D eigenvalue weighted by molar-refractivity contribution is 0.835. The van der Waals surface area contributed by atoms with Crippen molar-refractivity contribution < 1.29 is 0 Å². The van der Waals surface area contributed by atoms with E-state index in [-0.39, 0.29) is 0 Å². The summed E-state index contributed by atoms with van der Waals surface area (Å²) in [7, 11) is 0. The average molecular weight is 245 g/mol. The van der Waals surface area contributed by atoms with Crippen molar-refractivity contribution in [3.63, 3.8) is 0 Å². The molecule has 0 radical (unpaired) electrons. The molecule has 0 fully saturated rings. The molecule has 82 valence electrons. The predicted molar refractivity (Wildman–Crippen MR) is 63.7 cm³/mol. The first-order valence-electron chi connectivity index (χ1n) is 4.64. The summed E-state index contributed by atoms with van der Waals surface area (Å²) in [6.07, 6.45) is 3.63. The van der Waals surface area contributed by atoms with E-state index in [1.807, 2.05) is 27.0 Å². The van der Waals surface area contributed by atoms with Gasteiger partial charge in [0.15, 0.2) is 10.8 Å². The number of thioether (sulfide) groups is 1. The first-order valence-corrected chi connectivity index (χ1v) is 6.24. The predicted octanol–water partition coefficient (Wildman–Crippen LogP) is 2.83. The standard InChI is InChI=1S/C7H7ClN4S.C2H6/c1-4-3-9-12-5(4)10-7(13-2)11-6(12)8;1-2/h3H,1-2H3;1-2H3. The van der Waals surface area contributed by atoms with Gasteiger partial charge in [-0.25, -0.2) is 4.98 Å². The summed E-state index contributed by atoms with van der Waals surface area (Å²) in [6, 6.07) is 0. The molecule has 0 atom stereocenters. The van der Waals surface area contributed by atoms with Gasteiger partial charge in [-0.2, -0.15) is 14.6 Å². The highest BCUT2D eigenvalue weighted by Crippen LogP contribution is 2.16. The van der Waals surface area contributed by atoms with Crippen molar-refractivity contribution in [2.24, 2.45) is 0 Å². The van der Waals surface area contributed by atoms with E-state index in [1.54, 1.807) is 6.20 Å². The lowest BCUT2D eigenvalue weighted by Gasteiger charge is -1.98. The molecular weight excluding hydrogens is 232 g/mol. The molecule has 0 aromatic carbocycles. The summed E-state index contributed by atoms with van der Waals surface area (Å²) in [6.45, 7) is 5.94. The molecule has 0 aliphatic carbocycles. The summed E-state index contributed by atoms with van der Waals surface area (Å²) >= 11 is 7.35. The second kappa shape index (κ2) is 5.32. The normalized spacial score (nSPS) is 9.93. The Morgan fingerprint density at radius 1 is 1.33 bits per heavy atom. The summed E-state index contributed by atoms with van der Waals surface area (Å²) in [5.41, 5.74) is 1.77. The van der Waals surface area contributed by atoms with E-state index >= 15 is 0 Å². The van der Waals surface area contributed by atoms with Gasteiger partial charge in [-0.15, -0.1) is 0 Å². The second-order valence-corrected chi connectivity index (χ2v) is 3.65. The molecule has 2 rings (SSSR count). The van der Waals surface area contributed by atoms with Gasteiger partial charge in [0, 0.05) is 5.56 Å². The molecular formula is C9H13ClN4S. The van der Waals surface area contributed by atoms with Crippen LogP contribution in [0.3, 0.4) is 0 Å². The SMILES string of the molecule is CC.CSc1nc(Cl)n2ncc(C)c2n1. The molecule has 6 heteroatoms. The Hall–Kier alpha value is -0.810. The van der Waals surface area contributed by atoms with Crippen molar-refractivity contribution in [2.45, 2.75) is 25.9 Å². The fourth-order valence-corrected chi connectivity index (χ4v) is 1.64. The fraction of sp³-hybridized carbons (Fsp3) is 0.444. The molecule has 0 saturated heterocycles. The molecule has 15 heavy (non-hydrogen) atoms. The van der Waals surface area contributed by atoms with Crippen LogP contribution in [0, 0.1) is 6.92 Å². The third-order valence-corrected chi connectivity index (χ3v) is 2.46. The first-order chi connectivity index (χ1) is 7.22. The van der Waals surface area contributed by atoms with Gasteiger partial charge < -0.3 is 0 Å². The Bertz CT molecular complexity index is 455. The fourth-order valence-electron chi connectivity index (χ4n) is 1.03. The molecule has 0 aliphatic rings. The van der Waals surface area contributed by atoms with Gasteiger partial charge in [-0.3, -0.25) is 0 Å². The molecule has 2 heterocycles. The maximum absolute atomic E-state index is 5.89. The van der Waals surface area contributed by atoms with Crippen LogP contribution in [-0.4, -0.2) is 25.8 Å². The number of hydrogen-bond acceptors (Lipinski definition) is 4. The number of aryl methyl sites for hydroxylation is 1. The smallest absolute Gasteiger partial charge is 0.203 e. The van der Waals surface area contributed by atoms with E-state index in [0.29, 0.717) is 10.4 Å². The monoisotopic (exact) mass is 244 g/mol. The Morgan fingerprint density at radius 2 is 2.00 bits per heavy atom. The quantitative estimate of drug-likeness (QED) is 0.724. The molecule has 0 amide bonds. The Labute approximate surface area is 98.1 Å². The zero-order valence-electron chi connectivity index (χ0n) is 9.15. The third kappa shape index (κ3) is 2.41. The van der Waals surface area contributed by atoms with E-state index in [9.17, 15) is 0 Å². The average Bonchev–Trinajstić information content (AvgIpc) is 2.64. The number of aromatic nitrogens is 4. The van der Waals surface area contributed by atoms with Crippen molar-refractivity contribution in [2.75, 3.05) is 6.26 Å². The maximum atomic E-state index is 5.89. The van der Waals surface area contributed by atoms with Crippen LogP contribution in [0.4, 0.5) is 0 Å². The number of hydrogen-bond donors (Lipinski definition) is 0. The van der Waals surface area contributed by atoms with Crippen LogP contribution in [-0.2, 0) is 0 Å². The van der Waals surface area contributed by atoms with Crippen LogP contribution in [0.2, 0.25) is 5.28 Å². The van der Waals surface area contributed by atoms with Crippen molar-refractivity contribution >= 4 is 29.0 Å². The second-order valence-electron chi connectivity index (χ2n) is 2.54. The first kappa shape index (κ1) is 12.3. The van der Waals surface area contributed by atoms with Gasteiger partial charge in [0.05, 0.1) is 6.20 Å². The molecule has 0 spiro atoms. The van der Waals surface area contributed by atoms with Gasteiger partial charge >= 0.3 is 0 Å². The minimum absolute atomic E-state index is 0.349. The van der Waals surface area contributed by atoms with Crippen LogP contribution in [0.25, 0.3) is 5.65 Å². The molecule has 2 aromatic heterocycles. The zero-order valence-corrected chi connectivity index (χ0v) is 10.7. The van der Waals surface area contributed by atoms with Gasteiger partial charge in [0.1, 0.15) is 0 Å². The highest BCUT2D eigenvalue weighted by Gasteiger charge is 2.07. The van der Waals surface area contributed by atoms with Crippen LogP contribution >= 0.6 is 23.4 Å². The van der Waals surface area contributed by atoms with Gasteiger partial charge in [-0.05, 0) is 24.8 Å². The van der Waals surface area contributed by atoms with E-state index in [1.165, 1.54) is 16.3 Å². The summed E-state index contributed by atoms with van der Waals surface area (Å²) in [5.74, 6) is 0.